The molecule has 1 N–H and O–H groups in total. The van der Waals surface area contributed by atoms with Gasteiger partial charge in [0.05, 0.1) is 6.04 Å². The summed E-state index contributed by atoms with van der Waals surface area (Å²) in [4.78, 5) is 14.2. The molecule has 92 valence electrons. The van der Waals surface area contributed by atoms with E-state index in [2.05, 4.69) is 12.2 Å². The summed E-state index contributed by atoms with van der Waals surface area (Å²) in [6.07, 6.45) is 7.16. The normalized spacial score (nSPS) is 30.9. The van der Waals surface area contributed by atoms with Crippen molar-refractivity contribution in [2.45, 2.75) is 57.5 Å². The molecule has 0 aromatic rings. The molecule has 1 aliphatic carbocycles. The number of nitrogens with one attached hydrogen (secondary N) is 1. The van der Waals surface area contributed by atoms with E-state index >= 15 is 0 Å². The Labute approximate surface area is 98.6 Å². The van der Waals surface area contributed by atoms with Crippen LogP contribution in [0.3, 0.4) is 0 Å². The molecule has 0 aromatic heterocycles. The fourth-order valence-corrected chi connectivity index (χ4v) is 2.75. The summed E-state index contributed by atoms with van der Waals surface area (Å²) >= 11 is 0. The molecular formula is C13H24N2O. The van der Waals surface area contributed by atoms with Crippen LogP contribution in [0.15, 0.2) is 0 Å². The van der Waals surface area contributed by atoms with E-state index in [1.807, 2.05) is 11.9 Å². The van der Waals surface area contributed by atoms with E-state index in [4.69, 9.17) is 0 Å². The molecule has 0 bridgehead atoms. The molecule has 1 heterocycles. The van der Waals surface area contributed by atoms with E-state index in [0.29, 0.717) is 11.9 Å². The van der Waals surface area contributed by atoms with Gasteiger partial charge in [0, 0.05) is 13.1 Å². The number of hydrogen-bond donors (Lipinski definition) is 1. The summed E-state index contributed by atoms with van der Waals surface area (Å²) in [5, 5.41) is 3.38. The Morgan fingerprint density at radius 3 is 2.69 bits per heavy atom. The third-order valence-electron chi connectivity index (χ3n) is 4.36. The van der Waals surface area contributed by atoms with Gasteiger partial charge in [0.25, 0.3) is 0 Å². The molecule has 1 saturated heterocycles. The number of amides is 1. The molecular weight excluding hydrogens is 200 g/mol. The number of hydrogen-bond acceptors (Lipinski definition) is 2. The molecule has 0 aromatic carbocycles. The van der Waals surface area contributed by atoms with Crippen LogP contribution in [0, 0.1) is 5.92 Å². The Hall–Kier alpha value is -0.570. The number of carbonyl (C=O) groups excluding carboxylic acids is 1. The van der Waals surface area contributed by atoms with Crippen molar-refractivity contribution in [2.24, 2.45) is 5.92 Å². The molecule has 1 saturated carbocycles. The van der Waals surface area contributed by atoms with Gasteiger partial charge >= 0.3 is 0 Å². The van der Waals surface area contributed by atoms with Gasteiger partial charge in [-0.1, -0.05) is 13.3 Å². The number of nitrogens with zero attached hydrogens (tertiary/aromatic N) is 1. The maximum Gasteiger partial charge on any atom is 0.239 e. The molecule has 16 heavy (non-hydrogen) atoms. The first-order chi connectivity index (χ1) is 7.72. The number of rotatable bonds is 3. The Morgan fingerprint density at radius 1 is 1.38 bits per heavy atom. The molecule has 0 radical (unpaired) electrons. The molecule has 2 atom stereocenters. The lowest BCUT2D eigenvalue weighted by Gasteiger charge is -2.38. The third kappa shape index (κ3) is 2.40. The van der Waals surface area contributed by atoms with Crippen LogP contribution >= 0.6 is 0 Å². The van der Waals surface area contributed by atoms with E-state index in [1.165, 1.54) is 32.1 Å². The van der Waals surface area contributed by atoms with Crippen LogP contribution in [0.4, 0.5) is 0 Å². The fourth-order valence-electron chi connectivity index (χ4n) is 2.75. The SMILES string of the molecule is CCC1CCNC(C(=O)N(C)C2CCC2)C1. The van der Waals surface area contributed by atoms with E-state index in [-0.39, 0.29) is 6.04 Å². The highest BCUT2D eigenvalue weighted by atomic mass is 16.2. The minimum atomic E-state index is 0.0873. The summed E-state index contributed by atoms with van der Waals surface area (Å²) in [5.41, 5.74) is 0. The lowest BCUT2D eigenvalue weighted by Crippen LogP contribution is -2.53. The summed E-state index contributed by atoms with van der Waals surface area (Å²) < 4.78 is 0. The second-order valence-corrected chi connectivity index (χ2v) is 5.34. The monoisotopic (exact) mass is 224 g/mol. The average molecular weight is 224 g/mol. The van der Waals surface area contributed by atoms with Crippen molar-refractivity contribution in [3.05, 3.63) is 0 Å². The zero-order valence-corrected chi connectivity index (χ0v) is 10.5. The molecule has 3 heteroatoms. The van der Waals surface area contributed by atoms with Crippen molar-refractivity contribution >= 4 is 5.91 Å². The lowest BCUT2D eigenvalue weighted by molar-refractivity contribution is -0.136. The zero-order valence-electron chi connectivity index (χ0n) is 10.5. The van der Waals surface area contributed by atoms with E-state index in [9.17, 15) is 4.79 Å². The Balaban J connectivity index is 1.87. The zero-order chi connectivity index (χ0) is 11.5. The first kappa shape index (κ1) is 11.9. The maximum atomic E-state index is 12.3. The van der Waals surface area contributed by atoms with Gasteiger partial charge in [0.2, 0.25) is 5.91 Å². The average Bonchev–Trinajstić information content (AvgIpc) is 2.25. The maximum absolute atomic E-state index is 12.3. The summed E-state index contributed by atoms with van der Waals surface area (Å²) in [7, 11) is 1.98. The van der Waals surface area contributed by atoms with E-state index in [0.717, 1.165) is 18.9 Å². The molecule has 1 amide bonds. The second-order valence-electron chi connectivity index (χ2n) is 5.34. The Bertz CT molecular complexity index is 250. The standard InChI is InChI=1S/C13H24N2O/c1-3-10-7-8-14-12(9-10)13(16)15(2)11-5-4-6-11/h10-12,14H,3-9H2,1-2H3. The van der Waals surface area contributed by atoms with Crippen molar-refractivity contribution in [1.82, 2.24) is 10.2 Å². The van der Waals surface area contributed by atoms with Gasteiger partial charge in [-0.3, -0.25) is 4.79 Å². The Kier molecular flexibility index (Phi) is 3.85. The molecule has 0 spiro atoms. The molecule has 3 nitrogen and oxygen atoms in total. The highest BCUT2D eigenvalue weighted by Gasteiger charge is 2.32. The summed E-state index contributed by atoms with van der Waals surface area (Å²) in [6, 6.07) is 0.612. The third-order valence-corrected chi connectivity index (χ3v) is 4.36. The van der Waals surface area contributed by atoms with Crippen molar-refractivity contribution in [3.63, 3.8) is 0 Å². The minimum Gasteiger partial charge on any atom is -0.341 e. The summed E-state index contributed by atoms with van der Waals surface area (Å²) in [5.74, 6) is 1.06. The fraction of sp³-hybridized carbons (Fsp3) is 0.923. The van der Waals surface area contributed by atoms with Gasteiger partial charge < -0.3 is 10.2 Å². The van der Waals surface area contributed by atoms with Crippen molar-refractivity contribution in [3.8, 4) is 0 Å². The number of piperidine rings is 1. The smallest absolute Gasteiger partial charge is 0.239 e. The van der Waals surface area contributed by atoms with Crippen LogP contribution in [0.2, 0.25) is 0 Å². The summed E-state index contributed by atoms with van der Waals surface area (Å²) in [6.45, 7) is 3.24. The first-order valence-electron chi connectivity index (χ1n) is 6.72. The molecule has 2 aliphatic rings. The number of likely N-dealkylation sites (N-methyl/N-ethyl adjacent to an activating group) is 1. The van der Waals surface area contributed by atoms with Gasteiger partial charge in [-0.2, -0.15) is 0 Å². The van der Waals surface area contributed by atoms with Crippen LogP contribution in [-0.2, 0) is 4.79 Å². The lowest BCUT2D eigenvalue weighted by atomic mass is 9.88. The van der Waals surface area contributed by atoms with Gasteiger partial charge in [-0.15, -0.1) is 0 Å². The predicted octanol–water partition coefficient (Wildman–Crippen LogP) is 1.78. The van der Waals surface area contributed by atoms with Crippen LogP contribution < -0.4 is 5.32 Å². The molecule has 2 rings (SSSR count). The highest BCUT2D eigenvalue weighted by Crippen LogP contribution is 2.26. The van der Waals surface area contributed by atoms with Crippen molar-refractivity contribution in [2.75, 3.05) is 13.6 Å². The van der Waals surface area contributed by atoms with Crippen LogP contribution in [0.5, 0.6) is 0 Å². The van der Waals surface area contributed by atoms with Crippen molar-refractivity contribution < 1.29 is 4.79 Å². The van der Waals surface area contributed by atoms with Gasteiger partial charge in [-0.05, 0) is 44.6 Å². The van der Waals surface area contributed by atoms with Crippen LogP contribution in [0.1, 0.15) is 45.4 Å². The quantitative estimate of drug-likeness (QED) is 0.792. The topological polar surface area (TPSA) is 32.3 Å². The highest BCUT2D eigenvalue weighted by molar-refractivity contribution is 5.82. The molecule has 2 unspecified atom stereocenters. The van der Waals surface area contributed by atoms with E-state index in [1.54, 1.807) is 0 Å². The molecule has 2 fully saturated rings. The number of carbonyl (C=O) groups is 1. The van der Waals surface area contributed by atoms with Gasteiger partial charge in [0.15, 0.2) is 0 Å². The van der Waals surface area contributed by atoms with Crippen LogP contribution in [0.25, 0.3) is 0 Å². The first-order valence-corrected chi connectivity index (χ1v) is 6.72. The largest absolute Gasteiger partial charge is 0.341 e. The predicted molar refractivity (Wildman–Crippen MR) is 65.2 cm³/mol. The molecule has 1 aliphatic heterocycles. The van der Waals surface area contributed by atoms with Gasteiger partial charge in [0.1, 0.15) is 0 Å². The van der Waals surface area contributed by atoms with Crippen molar-refractivity contribution in [1.29, 1.82) is 0 Å². The van der Waals surface area contributed by atoms with Crippen LogP contribution in [-0.4, -0.2) is 36.5 Å². The van der Waals surface area contributed by atoms with Gasteiger partial charge in [-0.25, -0.2) is 0 Å². The van der Waals surface area contributed by atoms with E-state index < -0.39 is 0 Å². The minimum absolute atomic E-state index is 0.0873. The second kappa shape index (κ2) is 5.17. The Morgan fingerprint density at radius 2 is 2.12 bits per heavy atom.